The molecule has 1 aromatic heterocycles. The lowest BCUT2D eigenvalue weighted by Crippen LogP contribution is -2.32. The maximum atomic E-state index is 12.1. The lowest BCUT2D eigenvalue weighted by molar-refractivity contribution is 0.0932. The Labute approximate surface area is 164 Å². The number of rotatable bonds is 8. The second-order valence-electron chi connectivity index (χ2n) is 7.38. The number of likely N-dealkylation sites (tertiary alicyclic amines) is 1. The summed E-state index contributed by atoms with van der Waals surface area (Å²) in [5.74, 6) is 0.813. The number of carbonyl (C=O) groups is 1. The van der Waals surface area contributed by atoms with Crippen molar-refractivity contribution >= 4 is 5.91 Å². The van der Waals surface area contributed by atoms with E-state index in [1.54, 1.807) is 18.0 Å². The van der Waals surface area contributed by atoms with Gasteiger partial charge in [0.05, 0.1) is 26.0 Å². The first-order valence-corrected chi connectivity index (χ1v) is 9.89. The third-order valence-corrected chi connectivity index (χ3v) is 5.40. The van der Waals surface area contributed by atoms with Crippen LogP contribution in [-0.2, 0) is 24.2 Å². The third kappa shape index (κ3) is 4.34. The molecule has 1 aromatic carbocycles. The van der Waals surface area contributed by atoms with E-state index in [4.69, 9.17) is 9.47 Å². The number of methoxy groups -OCH3 is 1. The van der Waals surface area contributed by atoms with Crippen molar-refractivity contribution in [3.05, 3.63) is 41.2 Å². The second kappa shape index (κ2) is 8.70. The number of carbonyl (C=O) groups excluding carboxylic acids is 1. The number of nitrogens with zero attached hydrogens (tertiary/aromatic N) is 4. The summed E-state index contributed by atoms with van der Waals surface area (Å²) in [6.45, 7) is 4.48. The molecular weight excluding hydrogens is 358 g/mol. The van der Waals surface area contributed by atoms with Gasteiger partial charge in [-0.1, -0.05) is 17.3 Å². The van der Waals surface area contributed by atoms with E-state index in [-0.39, 0.29) is 5.91 Å². The zero-order valence-electron chi connectivity index (χ0n) is 16.3. The lowest BCUT2D eigenvalue weighted by atomic mass is 10.1. The molecule has 0 unspecified atom stereocenters. The highest BCUT2D eigenvalue weighted by molar-refractivity contribution is 5.91. The largest absolute Gasteiger partial charge is 0.493 e. The highest BCUT2D eigenvalue weighted by Crippen LogP contribution is 2.28. The van der Waals surface area contributed by atoms with E-state index >= 15 is 0 Å². The van der Waals surface area contributed by atoms with Crippen LogP contribution >= 0.6 is 0 Å². The third-order valence-electron chi connectivity index (χ3n) is 5.40. The van der Waals surface area contributed by atoms with Crippen molar-refractivity contribution in [1.82, 2.24) is 25.2 Å². The molecule has 0 spiro atoms. The van der Waals surface area contributed by atoms with Gasteiger partial charge in [0.1, 0.15) is 5.75 Å². The molecule has 0 aliphatic carbocycles. The molecule has 8 nitrogen and oxygen atoms in total. The summed E-state index contributed by atoms with van der Waals surface area (Å²) in [6, 6.07) is 6.93. The minimum atomic E-state index is -0.216. The van der Waals surface area contributed by atoms with E-state index in [9.17, 15) is 4.79 Å². The summed E-state index contributed by atoms with van der Waals surface area (Å²) in [6.07, 6.45) is 5.03. The van der Waals surface area contributed by atoms with Crippen LogP contribution in [0.25, 0.3) is 0 Å². The van der Waals surface area contributed by atoms with Crippen LogP contribution < -0.4 is 10.1 Å². The Kier molecular flexibility index (Phi) is 5.87. The van der Waals surface area contributed by atoms with Gasteiger partial charge >= 0.3 is 0 Å². The minimum absolute atomic E-state index is 0.216. The van der Waals surface area contributed by atoms with E-state index in [0.29, 0.717) is 24.9 Å². The fourth-order valence-electron chi connectivity index (χ4n) is 3.95. The number of hydrogen-bond donors (Lipinski definition) is 1. The predicted octanol–water partition coefficient (Wildman–Crippen LogP) is 1.25. The Morgan fingerprint density at radius 1 is 1.43 bits per heavy atom. The summed E-state index contributed by atoms with van der Waals surface area (Å²) in [7, 11) is 1.60. The maximum absolute atomic E-state index is 12.1. The molecule has 4 rings (SSSR count). The highest BCUT2D eigenvalue weighted by Gasteiger charge is 2.26. The zero-order chi connectivity index (χ0) is 19.3. The van der Waals surface area contributed by atoms with E-state index in [1.807, 2.05) is 0 Å². The topological polar surface area (TPSA) is 81.5 Å². The van der Waals surface area contributed by atoms with E-state index < -0.39 is 0 Å². The average molecular weight is 385 g/mol. The number of aromatic nitrogens is 3. The van der Waals surface area contributed by atoms with Gasteiger partial charge in [0, 0.05) is 32.7 Å². The number of ether oxygens (including phenoxy) is 2. The Morgan fingerprint density at radius 2 is 2.36 bits per heavy atom. The van der Waals surface area contributed by atoms with Crippen molar-refractivity contribution in [1.29, 1.82) is 0 Å². The monoisotopic (exact) mass is 385 g/mol. The summed E-state index contributed by atoms with van der Waals surface area (Å²) in [4.78, 5) is 14.6. The lowest BCUT2D eigenvalue weighted by Gasteiger charge is -2.24. The molecule has 1 atom stereocenters. The fraction of sp³-hybridized carbons (Fsp3) is 0.550. The SMILES string of the molecule is COCCNC(=O)c1cn(C[C@@H]2CCCN2Cc2ccc3c(c2)CCO3)nn1. The minimum Gasteiger partial charge on any atom is -0.493 e. The van der Waals surface area contributed by atoms with Gasteiger partial charge in [0.25, 0.3) is 5.91 Å². The highest BCUT2D eigenvalue weighted by atomic mass is 16.5. The smallest absolute Gasteiger partial charge is 0.273 e. The van der Waals surface area contributed by atoms with Crippen LogP contribution in [0.15, 0.2) is 24.4 Å². The molecule has 1 N–H and O–H groups in total. The molecule has 0 bridgehead atoms. The van der Waals surface area contributed by atoms with Gasteiger partial charge < -0.3 is 14.8 Å². The first-order valence-electron chi connectivity index (χ1n) is 9.89. The predicted molar refractivity (Wildman–Crippen MR) is 103 cm³/mol. The Bertz CT molecular complexity index is 822. The summed E-state index contributed by atoms with van der Waals surface area (Å²) in [5.41, 5.74) is 2.99. The van der Waals surface area contributed by atoms with Crippen LogP contribution in [0, 0.1) is 0 Å². The normalized spacial score (nSPS) is 18.8. The van der Waals surface area contributed by atoms with Gasteiger partial charge in [-0.25, -0.2) is 0 Å². The second-order valence-corrected chi connectivity index (χ2v) is 7.38. The van der Waals surface area contributed by atoms with Crippen LogP contribution in [0.4, 0.5) is 0 Å². The molecule has 8 heteroatoms. The zero-order valence-corrected chi connectivity index (χ0v) is 16.3. The van der Waals surface area contributed by atoms with E-state index in [2.05, 4.69) is 38.7 Å². The fourth-order valence-corrected chi connectivity index (χ4v) is 3.95. The summed E-state index contributed by atoms with van der Waals surface area (Å²) >= 11 is 0. The van der Waals surface area contributed by atoms with Gasteiger partial charge in [0.2, 0.25) is 0 Å². The van der Waals surface area contributed by atoms with Crippen molar-refractivity contribution in [2.45, 2.75) is 38.4 Å². The van der Waals surface area contributed by atoms with Crippen molar-refractivity contribution in [2.75, 3.05) is 33.4 Å². The van der Waals surface area contributed by atoms with Crippen LogP contribution in [-0.4, -0.2) is 65.3 Å². The van der Waals surface area contributed by atoms with Crippen LogP contribution in [0.3, 0.4) is 0 Å². The summed E-state index contributed by atoms with van der Waals surface area (Å²) < 4.78 is 12.3. The molecule has 2 aromatic rings. The van der Waals surface area contributed by atoms with Gasteiger partial charge in [-0.2, -0.15) is 0 Å². The first kappa shape index (κ1) is 18.9. The van der Waals surface area contributed by atoms with Gasteiger partial charge in [0.15, 0.2) is 5.69 Å². The molecule has 0 saturated carbocycles. The molecule has 28 heavy (non-hydrogen) atoms. The van der Waals surface area contributed by atoms with Crippen LogP contribution in [0.1, 0.15) is 34.5 Å². The molecule has 1 saturated heterocycles. The standard InChI is InChI=1S/C20H27N5O3/c1-27-10-7-21-20(26)18-14-25(23-22-18)13-17-3-2-8-24(17)12-15-4-5-19-16(11-15)6-9-28-19/h4-5,11,14,17H,2-3,6-10,12-13H2,1H3,(H,21,26)/t17-/m0/s1. The molecule has 1 fully saturated rings. The number of nitrogens with one attached hydrogen (secondary N) is 1. The van der Waals surface area contributed by atoms with E-state index in [0.717, 1.165) is 44.8 Å². The first-order chi connectivity index (χ1) is 13.7. The summed E-state index contributed by atoms with van der Waals surface area (Å²) in [5, 5.41) is 10.9. The molecule has 1 amide bonds. The maximum Gasteiger partial charge on any atom is 0.273 e. The number of amides is 1. The molecule has 2 aliphatic heterocycles. The number of benzene rings is 1. The Hall–Kier alpha value is -2.45. The van der Waals surface area contributed by atoms with Crippen molar-refractivity contribution in [3.8, 4) is 5.75 Å². The van der Waals surface area contributed by atoms with Crippen LogP contribution in [0.5, 0.6) is 5.75 Å². The molecule has 0 radical (unpaired) electrons. The molecule has 150 valence electrons. The van der Waals surface area contributed by atoms with Gasteiger partial charge in [-0.3, -0.25) is 14.4 Å². The Morgan fingerprint density at radius 3 is 3.25 bits per heavy atom. The van der Waals surface area contributed by atoms with Crippen molar-refractivity contribution in [3.63, 3.8) is 0 Å². The number of fused-ring (bicyclic) bond motifs is 1. The van der Waals surface area contributed by atoms with Crippen LogP contribution in [0.2, 0.25) is 0 Å². The van der Waals surface area contributed by atoms with Gasteiger partial charge in [-0.15, -0.1) is 5.10 Å². The van der Waals surface area contributed by atoms with Crippen molar-refractivity contribution in [2.24, 2.45) is 0 Å². The average Bonchev–Trinajstić information content (AvgIpc) is 3.44. The quantitative estimate of drug-likeness (QED) is 0.689. The number of hydrogen-bond acceptors (Lipinski definition) is 6. The molecular formula is C20H27N5O3. The molecule has 2 aliphatic rings. The van der Waals surface area contributed by atoms with Crippen molar-refractivity contribution < 1.29 is 14.3 Å². The molecule has 3 heterocycles. The van der Waals surface area contributed by atoms with E-state index in [1.165, 1.54) is 17.5 Å². The van der Waals surface area contributed by atoms with Gasteiger partial charge in [-0.05, 0) is 36.6 Å². The Balaban J connectivity index is 1.35.